The third kappa shape index (κ3) is 4.20. The number of rotatable bonds is 6. The number of halogens is 1. The summed E-state index contributed by atoms with van der Waals surface area (Å²) in [7, 11) is 0. The van der Waals surface area contributed by atoms with Crippen LogP contribution in [-0.4, -0.2) is 35.4 Å². The first-order valence-electron chi connectivity index (χ1n) is 8.57. The third-order valence-electron chi connectivity index (χ3n) is 4.62. The van der Waals surface area contributed by atoms with Crippen LogP contribution in [0.15, 0.2) is 48.5 Å². The molecule has 1 unspecified atom stereocenters. The van der Waals surface area contributed by atoms with Crippen LogP contribution in [0.5, 0.6) is 0 Å². The molecule has 7 heteroatoms. The van der Waals surface area contributed by atoms with Gasteiger partial charge in [-0.3, -0.25) is 19.8 Å². The van der Waals surface area contributed by atoms with Gasteiger partial charge in [-0.25, -0.2) is 0 Å². The maximum absolute atomic E-state index is 12.6. The van der Waals surface area contributed by atoms with Crippen molar-refractivity contribution in [2.45, 2.75) is 18.9 Å². The lowest BCUT2D eigenvalue weighted by atomic mass is 10.1. The number of carbonyl (C=O) groups excluding carboxylic acids is 1. The number of nitro benzene ring substituents is 1. The van der Waals surface area contributed by atoms with Gasteiger partial charge >= 0.3 is 0 Å². The highest BCUT2D eigenvalue weighted by atomic mass is 35.5. The second-order valence-electron chi connectivity index (χ2n) is 6.30. The molecule has 1 saturated heterocycles. The summed E-state index contributed by atoms with van der Waals surface area (Å²) in [5, 5.41) is 14.3. The summed E-state index contributed by atoms with van der Waals surface area (Å²) in [4.78, 5) is 25.5. The smallest absolute Gasteiger partial charge is 0.282 e. The molecule has 1 N–H and O–H groups in total. The van der Waals surface area contributed by atoms with Gasteiger partial charge in [0.1, 0.15) is 5.56 Å². The summed E-state index contributed by atoms with van der Waals surface area (Å²) in [5.74, 6) is -0.487. The average molecular weight is 374 g/mol. The average Bonchev–Trinajstić information content (AvgIpc) is 3.16. The molecule has 0 aromatic heterocycles. The van der Waals surface area contributed by atoms with Gasteiger partial charge in [-0.2, -0.15) is 0 Å². The number of hydrogen-bond acceptors (Lipinski definition) is 4. The predicted molar refractivity (Wildman–Crippen MR) is 100 cm³/mol. The Labute approximate surface area is 156 Å². The van der Waals surface area contributed by atoms with Gasteiger partial charge in [0.05, 0.1) is 11.0 Å². The Morgan fingerprint density at radius 3 is 2.54 bits per heavy atom. The second kappa shape index (κ2) is 8.29. The normalized spacial score (nSPS) is 15.6. The van der Waals surface area contributed by atoms with Crippen LogP contribution in [0, 0.1) is 10.1 Å². The molecule has 2 aromatic rings. The van der Waals surface area contributed by atoms with Crippen LogP contribution in [0.25, 0.3) is 0 Å². The van der Waals surface area contributed by atoms with Gasteiger partial charge in [0.15, 0.2) is 0 Å². The second-order valence-corrected chi connectivity index (χ2v) is 6.73. The summed E-state index contributed by atoms with van der Waals surface area (Å²) >= 11 is 5.92. The number of amides is 1. The van der Waals surface area contributed by atoms with Gasteiger partial charge in [-0.1, -0.05) is 41.9 Å². The van der Waals surface area contributed by atoms with Crippen LogP contribution < -0.4 is 5.32 Å². The van der Waals surface area contributed by atoms with E-state index in [1.165, 1.54) is 18.2 Å². The molecule has 0 bridgehead atoms. The molecule has 26 heavy (non-hydrogen) atoms. The molecule has 2 aromatic carbocycles. The van der Waals surface area contributed by atoms with Crippen LogP contribution >= 0.6 is 11.6 Å². The van der Waals surface area contributed by atoms with Crippen molar-refractivity contribution in [1.29, 1.82) is 0 Å². The van der Waals surface area contributed by atoms with E-state index >= 15 is 0 Å². The minimum atomic E-state index is -0.569. The van der Waals surface area contributed by atoms with Crippen molar-refractivity contribution in [1.82, 2.24) is 10.2 Å². The maximum Gasteiger partial charge on any atom is 0.282 e. The molecular formula is C19H20ClN3O3. The van der Waals surface area contributed by atoms with Crippen molar-refractivity contribution in [3.8, 4) is 0 Å². The highest BCUT2D eigenvalue weighted by molar-refractivity contribution is 6.31. The number of likely N-dealkylation sites (tertiary alicyclic amines) is 1. The lowest BCUT2D eigenvalue weighted by Gasteiger charge is -2.28. The van der Waals surface area contributed by atoms with Gasteiger partial charge in [0.25, 0.3) is 11.6 Å². The largest absolute Gasteiger partial charge is 0.350 e. The Kier molecular flexibility index (Phi) is 5.85. The van der Waals surface area contributed by atoms with Crippen LogP contribution in [0.2, 0.25) is 5.02 Å². The van der Waals surface area contributed by atoms with Crippen molar-refractivity contribution in [3.63, 3.8) is 0 Å². The quantitative estimate of drug-likeness (QED) is 0.617. The topological polar surface area (TPSA) is 75.5 Å². The molecule has 1 aliphatic heterocycles. The fraction of sp³-hybridized carbons (Fsp3) is 0.316. The van der Waals surface area contributed by atoms with Gasteiger partial charge in [-0.15, -0.1) is 0 Å². The molecule has 1 amide bonds. The monoisotopic (exact) mass is 373 g/mol. The van der Waals surface area contributed by atoms with E-state index in [4.69, 9.17) is 11.6 Å². The Morgan fingerprint density at radius 1 is 1.19 bits per heavy atom. The fourth-order valence-electron chi connectivity index (χ4n) is 3.32. The maximum atomic E-state index is 12.6. The summed E-state index contributed by atoms with van der Waals surface area (Å²) in [6.07, 6.45) is 2.27. The SMILES string of the molecule is O=C(NCC(c1ccccc1)N1CCCC1)c1cc(Cl)ccc1[N+](=O)[O-]. The Bertz CT molecular complexity index is 792. The van der Waals surface area contributed by atoms with Crippen LogP contribution in [0.4, 0.5) is 5.69 Å². The van der Waals surface area contributed by atoms with Crippen LogP contribution in [0.3, 0.4) is 0 Å². The molecule has 0 spiro atoms. The summed E-state index contributed by atoms with van der Waals surface area (Å²) in [6.45, 7) is 2.34. The lowest BCUT2D eigenvalue weighted by Crippen LogP contribution is -2.37. The van der Waals surface area contributed by atoms with Gasteiger partial charge in [0.2, 0.25) is 0 Å². The number of hydrogen-bond donors (Lipinski definition) is 1. The summed E-state index contributed by atoms with van der Waals surface area (Å²) < 4.78 is 0. The van der Waals surface area contributed by atoms with E-state index in [9.17, 15) is 14.9 Å². The molecule has 0 saturated carbocycles. The zero-order chi connectivity index (χ0) is 18.5. The highest BCUT2D eigenvalue weighted by Gasteiger charge is 2.26. The number of nitro groups is 1. The van der Waals surface area contributed by atoms with Crippen molar-refractivity contribution in [2.24, 2.45) is 0 Å². The summed E-state index contributed by atoms with van der Waals surface area (Å²) in [6, 6.07) is 14.0. The first-order chi connectivity index (χ1) is 12.6. The predicted octanol–water partition coefficient (Wildman–Crippen LogP) is 3.82. The fourth-order valence-corrected chi connectivity index (χ4v) is 3.49. The van der Waals surface area contributed by atoms with Gasteiger partial charge < -0.3 is 5.32 Å². The number of carbonyl (C=O) groups is 1. The zero-order valence-electron chi connectivity index (χ0n) is 14.2. The van der Waals surface area contributed by atoms with Gasteiger partial charge in [-0.05, 0) is 43.6 Å². The number of nitrogens with zero attached hydrogens (tertiary/aromatic N) is 2. The molecule has 1 heterocycles. The van der Waals surface area contributed by atoms with E-state index in [-0.39, 0.29) is 17.3 Å². The molecular weight excluding hydrogens is 354 g/mol. The van der Waals surface area contributed by atoms with Crippen LogP contribution in [0.1, 0.15) is 34.8 Å². The Morgan fingerprint density at radius 2 is 1.88 bits per heavy atom. The first-order valence-corrected chi connectivity index (χ1v) is 8.95. The van der Waals surface area contributed by atoms with E-state index in [1.807, 2.05) is 30.3 Å². The Balaban J connectivity index is 1.78. The van der Waals surface area contributed by atoms with E-state index in [1.54, 1.807) is 0 Å². The molecule has 1 fully saturated rings. The van der Waals surface area contributed by atoms with E-state index in [2.05, 4.69) is 10.2 Å². The molecule has 0 aliphatic carbocycles. The molecule has 0 radical (unpaired) electrons. The summed E-state index contributed by atoms with van der Waals surface area (Å²) in [5.41, 5.74) is 0.857. The minimum Gasteiger partial charge on any atom is -0.350 e. The lowest BCUT2D eigenvalue weighted by molar-refractivity contribution is -0.385. The molecule has 1 aliphatic rings. The van der Waals surface area contributed by atoms with Crippen LogP contribution in [-0.2, 0) is 0 Å². The van der Waals surface area contributed by atoms with E-state index in [0.29, 0.717) is 11.6 Å². The zero-order valence-corrected chi connectivity index (χ0v) is 15.0. The van der Waals surface area contributed by atoms with E-state index in [0.717, 1.165) is 31.5 Å². The first kappa shape index (κ1) is 18.4. The molecule has 6 nitrogen and oxygen atoms in total. The van der Waals surface area contributed by atoms with Crippen molar-refractivity contribution in [2.75, 3.05) is 19.6 Å². The van der Waals surface area contributed by atoms with E-state index < -0.39 is 10.8 Å². The number of nitrogens with one attached hydrogen (secondary N) is 1. The number of benzene rings is 2. The molecule has 136 valence electrons. The highest BCUT2D eigenvalue weighted by Crippen LogP contribution is 2.26. The van der Waals surface area contributed by atoms with Crippen molar-refractivity contribution < 1.29 is 9.72 Å². The molecule has 1 atom stereocenters. The Hall–Kier alpha value is -2.44. The molecule has 3 rings (SSSR count). The van der Waals surface area contributed by atoms with Gasteiger partial charge in [0, 0.05) is 17.6 Å². The third-order valence-corrected chi connectivity index (χ3v) is 4.86. The standard InChI is InChI=1S/C19H20ClN3O3/c20-15-8-9-17(23(25)26)16(12-15)19(24)21-13-18(22-10-4-5-11-22)14-6-2-1-3-7-14/h1-3,6-9,12,18H,4-5,10-11,13H2,(H,21,24). The minimum absolute atomic E-state index is 0.0178. The van der Waals surface area contributed by atoms with Crippen molar-refractivity contribution in [3.05, 3.63) is 74.8 Å². The van der Waals surface area contributed by atoms with Crippen molar-refractivity contribution >= 4 is 23.2 Å².